The summed E-state index contributed by atoms with van der Waals surface area (Å²) >= 11 is 0. The van der Waals surface area contributed by atoms with E-state index >= 15 is 4.39 Å². The van der Waals surface area contributed by atoms with Crippen LogP contribution in [0.3, 0.4) is 0 Å². The van der Waals surface area contributed by atoms with Crippen LogP contribution in [0.15, 0.2) is 52.4 Å². The van der Waals surface area contributed by atoms with Crippen molar-refractivity contribution in [2.45, 2.75) is 58.5 Å². The molecule has 3 aromatic heterocycles. The number of imidazole rings is 1. The number of carbonyl (C=O) groups is 1. The molecule has 5 aromatic rings. The van der Waals surface area contributed by atoms with E-state index in [9.17, 15) is 19.5 Å². The van der Waals surface area contributed by atoms with Gasteiger partial charge in [-0.05, 0) is 81.0 Å². The first-order valence-corrected chi connectivity index (χ1v) is 16.6. The second-order valence-electron chi connectivity index (χ2n) is 12.8. The monoisotopic (exact) mass is 654 g/mol. The number of benzene rings is 2. The van der Waals surface area contributed by atoms with Gasteiger partial charge in [-0.3, -0.25) is 19.5 Å². The zero-order chi connectivity index (χ0) is 33.5. The Hall–Kier alpha value is -5.04. The summed E-state index contributed by atoms with van der Waals surface area (Å²) in [7, 11) is 0. The Morgan fingerprint density at radius 2 is 1.85 bits per heavy atom. The summed E-state index contributed by atoms with van der Waals surface area (Å²) in [6, 6.07) is 9.14. The minimum Gasteiger partial charge on any atom is -0.477 e. The average Bonchev–Trinajstić information content (AvgIpc) is 3.84. The van der Waals surface area contributed by atoms with Gasteiger partial charge in [0.15, 0.2) is 11.2 Å². The number of nitrogens with zero attached hydrogens (tertiary/aromatic N) is 6. The van der Waals surface area contributed by atoms with E-state index in [1.165, 1.54) is 23.4 Å². The van der Waals surface area contributed by atoms with Crippen LogP contribution in [-0.2, 0) is 13.0 Å². The van der Waals surface area contributed by atoms with E-state index in [-0.39, 0.29) is 22.6 Å². The van der Waals surface area contributed by atoms with Crippen molar-refractivity contribution in [3.05, 3.63) is 85.9 Å². The highest BCUT2D eigenvalue weighted by Gasteiger charge is 2.28. The zero-order valence-corrected chi connectivity index (χ0v) is 27.1. The number of halogens is 1. The molecule has 0 bridgehead atoms. The number of aromatic nitrogens is 5. The summed E-state index contributed by atoms with van der Waals surface area (Å²) in [5.41, 5.74) is 3.93. The molecule has 48 heavy (non-hydrogen) atoms. The molecule has 0 spiro atoms. The lowest BCUT2D eigenvalue weighted by atomic mass is 10.1. The number of aromatic carboxylic acids is 1. The summed E-state index contributed by atoms with van der Waals surface area (Å²) in [5.74, 6) is -1.43. The van der Waals surface area contributed by atoms with Gasteiger partial charge in [0, 0.05) is 56.0 Å². The summed E-state index contributed by atoms with van der Waals surface area (Å²) in [4.78, 5) is 53.4. The maximum atomic E-state index is 15.4. The molecule has 1 saturated carbocycles. The van der Waals surface area contributed by atoms with E-state index in [0.717, 1.165) is 57.4 Å². The number of carboxylic acids is 1. The second-order valence-corrected chi connectivity index (χ2v) is 12.8. The third-order valence-corrected chi connectivity index (χ3v) is 9.58. The van der Waals surface area contributed by atoms with Crippen molar-refractivity contribution < 1.29 is 14.3 Å². The number of piperazine rings is 1. The molecule has 7 rings (SSSR count). The summed E-state index contributed by atoms with van der Waals surface area (Å²) in [6.07, 6.45) is 7.60. The Balaban J connectivity index is 0.964. The van der Waals surface area contributed by atoms with Crippen molar-refractivity contribution in [1.29, 1.82) is 0 Å². The third-order valence-electron chi connectivity index (χ3n) is 9.58. The number of anilines is 3. The molecule has 2 fully saturated rings. The fraction of sp³-hybridized carbons (Fsp3) is 0.400. The molecular weight excluding hydrogens is 615 g/mol. The number of nitrogens with one attached hydrogen (secondary N) is 2. The third kappa shape index (κ3) is 6.17. The molecule has 2 aromatic carbocycles. The number of pyridine rings is 1. The Morgan fingerprint density at radius 3 is 2.58 bits per heavy atom. The topological polar surface area (TPSA) is 141 Å². The van der Waals surface area contributed by atoms with Gasteiger partial charge in [-0.1, -0.05) is 13.0 Å². The van der Waals surface area contributed by atoms with Crippen molar-refractivity contribution in [3.63, 3.8) is 0 Å². The Bertz CT molecular complexity index is 2140. The maximum Gasteiger partial charge on any atom is 0.341 e. The van der Waals surface area contributed by atoms with Gasteiger partial charge < -0.3 is 24.5 Å². The van der Waals surface area contributed by atoms with Crippen LogP contribution >= 0.6 is 0 Å². The molecule has 13 heteroatoms. The lowest BCUT2D eigenvalue weighted by Gasteiger charge is -2.36. The molecule has 1 saturated heterocycles. The van der Waals surface area contributed by atoms with Gasteiger partial charge in [-0.25, -0.2) is 14.2 Å². The molecule has 0 atom stereocenters. The standard InChI is InChI=1S/C35H39FN8O4/c1-3-22-16-23(7-6-21(22)2)38-35-39-32-30(33(46)40-35)37-20-43(32)11-5-4-10-41-12-14-42(15-13-41)29-18-28-25(17-27(29)36)31(45)26(34(47)48)19-44(28)24-8-9-24/h6-7,16-20,24H,3-5,8-15H2,1-2H3,(H,47,48)(H2,38,39,40,46). The van der Waals surface area contributed by atoms with Gasteiger partial charge in [0.1, 0.15) is 11.4 Å². The number of H-pyrrole nitrogens is 1. The average molecular weight is 655 g/mol. The largest absolute Gasteiger partial charge is 0.477 e. The van der Waals surface area contributed by atoms with E-state index in [4.69, 9.17) is 0 Å². The molecule has 1 aliphatic carbocycles. The van der Waals surface area contributed by atoms with Crippen LogP contribution in [-0.4, -0.2) is 72.8 Å². The highest BCUT2D eigenvalue weighted by Crippen LogP contribution is 2.38. The highest BCUT2D eigenvalue weighted by atomic mass is 19.1. The maximum absolute atomic E-state index is 15.4. The molecule has 12 nitrogen and oxygen atoms in total. The summed E-state index contributed by atoms with van der Waals surface area (Å²) in [6.45, 7) is 8.56. The predicted molar refractivity (Wildman–Crippen MR) is 183 cm³/mol. The predicted octanol–water partition coefficient (Wildman–Crippen LogP) is 4.82. The highest BCUT2D eigenvalue weighted by molar-refractivity contribution is 5.93. The van der Waals surface area contributed by atoms with Crippen molar-refractivity contribution >= 4 is 45.4 Å². The molecule has 0 amide bonds. The molecule has 0 unspecified atom stereocenters. The van der Waals surface area contributed by atoms with E-state index in [2.05, 4.69) is 51.1 Å². The van der Waals surface area contributed by atoms with Gasteiger partial charge in [0.25, 0.3) is 5.56 Å². The Morgan fingerprint density at radius 1 is 1.08 bits per heavy atom. The number of hydrogen-bond donors (Lipinski definition) is 3. The Kier molecular flexibility index (Phi) is 8.46. The van der Waals surface area contributed by atoms with Crippen molar-refractivity contribution in [3.8, 4) is 0 Å². The smallest absolute Gasteiger partial charge is 0.341 e. The van der Waals surface area contributed by atoms with Crippen LogP contribution in [0.2, 0.25) is 0 Å². The molecule has 4 heterocycles. The number of fused-ring (bicyclic) bond motifs is 2. The van der Waals surface area contributed by atoms with Crippen molar-refractivity contribution in [2.24, 2.45) is 0 Å². The fourth-order valence-corrected chi connectivity index (χ4v) is 6.68. The van der Waals surface area contributed by atoms with Crippen LogP contribution < -0.4 is 21.2 Å². The van der Waals surface area contributed by atoms with Crippen LogP contribution in [0, 0.1) is 12.7 Å². The van der Waals surface area contributed by atoms with Crippen LogP contribution in [0.5, 0.6) is 0 Å². The number of unbranched alkanes of at least 4 members (excludes halogenated alkanes) is 1. The van der Waals surface area contributed by atoms with Gasteiger partial charge in [0.05, 0.1) is 17.5 Å². The lowest BCUT2D eigenvalue weighted by molar-refractivity contribution is 0.0694. The van der Waals surface area contributed by atoms with Gasteiger partial charge in [0.2, 0.25) is 11.4 Å². The zero-order valence-electron chi connectivity index (χ0n) is 27.1. The minimum absolute atomic E-state index is 0.108. The summed E-state index contributed by atoms with van der Waals surface area (Å²) < 4.78 is 19.1. The van der Waals surface area contributed by atoms with Crippen LogP contribution in [0.1, 0.15) is 60.1 Å². The number of carboxylic acid groups (broad SMARTS) is 1. The lowest BCUT2D eigenvalue weighted by Crippen LogP contribution is -2.47. The number of aryl methyl sites for hydroxylation is 3. The fourth-order valence-electron chi connectivity index (χ4n) is 6.68. The molecular formula is C35H39FN8O4. The Labute approximate surface area is 275 Å². The first-order chi connectivity index (χ1) is 23.2. The second kappa shape index (κ2) is 12.9. The van der Waals surface area contributed by atoms with Gasteiger partial charge in [-0.2, -0.15) is 4.98 Å². The van der Waals surface area contributed by atoms with E-state index in [1.807, 2.05) is 20.1 Å². The van der Waals surface area contributed by atoms with E-state index in [0.29, 0.717) is 48.0 Å². The molecule has 2 aliphatic rings. The first-order valence-electron chi connectivity index (χ1n) is 16.6. The molecule has 0 radical (unpaired) electrons. The van der Waals surface area contributed by atoms with E-state index < -0.39 is 17.2 Å². The van der Waals surface area contributed by atoms with Gasteiger partial charge >= 0.3 is 5.97 Å². The molecule has 1 aliphatic heterocycles. The van der Waals surface area contributed by atoms with E-state index in [1.54, 1.807) is 12.4 Å². The summed E-state index contributed by atoms with van der Waals surface area (Å²) in [5, 5.41) is 12.9. The van der Waals surface area contributed by atoms with Gasteiger partial charge in [-0.15, -0.1) is 0 Å². The first kappa shape index (κ1) is 31.6. The van der Waals surface area contributed by atoms with Crippen molar-refractivity contribution in [1.82, 2.24) is 29.0 Å². The SMILES string of the molecule is CCc1cc(Nc2nc3c(ncn3CCCCN3CCN(c4cc5c(cc4F)c(=O)c(C(=O)O)cn5C4CC4)CC3)c(=O)[nH]2)ccc1C. The molecule has 250 valence electrons. The number of aromatic amines is 1. The quantitative estimate of drug-likeness (QED) is 0.171. The number of hydrogen-bond acceptors (Lipinski definition) is 8. The minimum atomic E-state index is -1.30. The van der Waals surface area contributed by atoms with Crippen molar-refractivity contribution in [2.75, 3.05) is 42.9 Å². The van der Waals surface area contributed by atoms with Crippen LogP contribution in [0.25, 0.3) is 22.1 Å². The van der Waals surface area contributed by atoms with Crippen LogP contribution in [0.4, 0.5) is 21.7 Å². The normalized spacial score (nSPS) is 15.4. The number of rotatable bonds is 11. The molecule has 3 N–H and O–H groups in total.